The quantitative estimate of drug-likeness (QED) is 0.715. The Morgan fingerprint density at radius 1 is 0.964 bits per heavy atom. The minimum Gasteiger partial charge on any atom is -0.507 e. The van der Waals surface area contributed by atoms with Crippen LogP contribution >= 0.6 is 0 Å². The van der Waals surface area contributed by atoms with Crippen molar-refractivity contribution in [2.75, 3.05) is 19.8 Å². The van der Waals surface area contributed by atoms with Crippen molar-refractivity contribution in [3.05, 3.63) is 28.8 Å². The summed E-state index contributed by atoms with van der Waals surface area (Å²) in [6.07, 6.45) is 0.376. The first kappa shape index (κ1) is 22.7. The van der Waals surface area contributed by atoms with Crippen LogP contribution in [-0.4, -0.2) is 46.6 Å². The van der Waals surface area contributed by atoms with Gasteiger partial charge in [0.25, 0.3) is 0 Å². The second kappa shape index (κ2) is 7.34. The van der Waals surface area contributed by atoms with Crippen LogP contribution in [0.25, 0.3) is 0 Å². The summed E-state index contributed by atoms with van der Waals surface area (Å²) in [6, 6.07) is 3.95. The molecule has 0 spiro atoms. The lowest BCUT2D eigenvalue weighted by molar-refractivity contribution is 0.0878. The molecule has 0 aromatic heterocycles. The molecule has 0 amide bonds. The largest absolute Gasteiger partial charge is 0.507 e. The molecule has 1 aliphatic heterocycles. The summed E-state index contributed by atoms with van der Waals surface area (Å²) < 4.78 is 5.79. The van der Waals surface area contributed by atoms with Gasteiger partial charge < -0.3 is 20.1 Å². The van der Waals surface area contributed by atoms with E-state index < -0.39 is 5.41 Å². The van der Waals surface area contributed by atoms with Crippen molar-refractivity contribution in [1.29, 1.82) is 0 Å². The van der Waals surface area contributed by atoms with Crippen molar-refractivity contribution in [3.8, 4) is 5.75 Å². The van der Waals surface area contributed by atoms with E-state index in [-0.39, 0.29) is 29.6 Å². The normalized spacial score (nSPS) is 17.4. The fourth-order valence-corrected chi connectivity index (χ4v) is 3.56. The lowest BCUT2D eigenvalue weighted by Gasteiger charge is -2.32. The Kier molecular flexibility index (Phi) is 5.95. The Morgan fingerprint density at radius 3 is 1.75 bits per heavy atom. The fraction of sp³-hybridized carbons (Fsp3) is 0.696. The summed E-state index contributed by atoms with van der Waals surface area (Å²) in [6.45, 7) is 16.2. The predicted octanol–water partition coefficient (Wildman–Crippen LogP) is 3.71. The van der Waals surface area contributed by atoms with Gasteiger partial charge in [-0.25, -0.2) is 4.99 Å². The van der Waals surface area contributed by atoms with Crippen molar-refractivity contribution >= 4 is 5.90 Å². The van der Waals surface area contributed by atoms with E-state index in [1.807, 2.05) is 26.0 Å². The molecular weight excluding hydrogens is 354 g/mol. The average molecular weight is 392 g/mol. The van der Waals surface area contributed by atoms with Gasteiger partial charge in [0, 0.05) is 0 Å². The predicted molar refractivity (Wildman–Crippen MR) is 113 cm³/mol. The molecule has 1 heterocycles. The van der Waals surface area contributed by atoms with Gasteiger partial charge >= 0.3 is 0 Å². The molecule has 2 rings (SSSR count). The highest BCUT2D eigenvalue weighted by Gasteiger charge is 2.43. The second-order valence-corrected chi connectivity index (χ2v) is 10.8. The number of aliphatic hydroxyl groups is 2. The van der Waals surface area contributed by atoms with Crippen molar-refractivity contribution in [2.24, 2.45) is 10.4 Å². The smallest absolute Gasteiger partial charge is 0.195 e. The molecule has 1 aromatic rings. The summed E-state index contributed by atoms with van der Waals surface area (Å²) in [5, 5.41) is 31.4. The maximum absolute atomic E-state index is 10.9. The molecule has 5 nitrogen and oxygen atoms in total. The molecule has 0 aliphatic carbocycles. The molecule has 0 radical (unpaired) electrons. The van der Waals surface area contributed by atoms with Crippen LogP contribution in [-0.2, 0) is 22.0 Å². The van der Waals surface area contributed by atoms with Gasteiger partial charge in [-0.2, -0.15) is 0 Å². The maximum atomic E-state index is 10.9. The number of hydrogen-bond acceptors (Lipinski definition) is 5. The number of aliphatic imine (C=N–C) groups is 1. The van der Waals surface area contributed by atoms with E-state index >= 15 is 0 Å². The number of phenolic OH excluding ortho intramolecular Hbond substituents is 1. The Hall–Kier alpha value is -1.59. The number of phenols is 1. The molecular formula is C23H37NO4. The number of benzene rings is 1. The molecule has 0 bridgehead atoms. The zero-order valence-electron chi connectivity index (χ0n) is 18.7. The van der Waals surface area contributed by atoms with Gasteiger partial charge in [0.05, 0.1) is 24.2 Å². The molecule has 1 aliphatic rings. The molecule has 0 saturated heterocycles. The van der Waals surface area contributed by atoms with Crippen LogP contribution in [0.5, 0.6) is 5.75 Å². The summed E-state index contributed by atoms with van der Waals surface area (Å²) >= 11 is 0. The standard InChI is InChI=1S/C23H37NO4/c1-20(2,3)16-9-15(10-17(18(16)27)21(4,5)6)11-23(12-25,13-26)19-24-22(7,8)14-28-19/h9-10,25-27H,11-14H2,1-8H3. The number of rotatable bonds is 5. The Bertz CT molecular complexity index is 712. The molecule has 0 fully saturated rings. The zero-order valence-corrected chi connectivity index (χ0v) is 18.7. The Balaban J connectivity index is 2.60. The first-order valence-electron chi connectivity index (χ1n) is 9.97. The van der Waals surface area contributed by atoms with Crippen molar-refractivity contribution in [2.45, 2.75) is 78.2 Å². The number of nitrogens with zero attached hydrogens (tertiary/aromatic N) is 1. The molecule has 28 heavy (non-hydrogen) atoms. The van der Waals surface area contributed by atoms with E-state index in [9.17, 15) is 15.3 Å². The van der Waals surface area contributed by atoms with Crippen molar-refractivity contribution in [3.63, 3.8) is 0 Å². The molecule has 5 heteroatoms. The molecule has 0 unspecified atom stereocenters. The summed E-state index contributed by atoms with van der Waals surface area (Å²) in [4.78, 5) is 4.62. The third kappa shape index (κ3) is 4.52. The van der Waals surface area contributed by atoms with E-state index in [4.69, 9.17) is 4.74 Å². The third-order valence-electron chi connectivity index (χ3n) is 5.35. The van der Waals surface area contributed by atoms with Gasteiger partial charge in [-0.05, 0) is 47.8 Å². The van der Waals surface area contributed by atoms with Gasteiger partial charge in [0.15, 0.2) is 5.90 Å². The van der Waals surface area contributed by atoms with Crippen LogP contribution in [0.2, 0.25) is 0 Å². The molecule has 0 saturated carbocycles. The highest BCUT2D eigenvalue weighted by Crippen LogP contribution is 2.41. The van der Waals surface area contributed by atoms with Gasteiger partial charge in [-0.1, -0.05) is 53.7 Å². The highest BCUT2D eigenvalue weighted by atomic mass is 16.5. The summed E-state index contributed by atoms with van der Waals surface area (Å²) in [7, 11) is 0. The number of aromatic hydroxyl groups is 1. The van der Waals surface area contributed by atoms with Crippen LogP contribution in [0.1, 0.15) is 72.1 Å². The van der Waals surface area contributed by atoms with Crippen LogP contribution < -0.4 is 0 Å². The van der Waals surface area contributed by atoms with E-state index in [0.717, 1.165) is 16.7 Å². The zero-order chi connectivity index (χ0) is 21.5. The second-order valence-electron chi connectivity index (χ2n) is 10.8. The minimum absolute atomic E-state index is 0.245. The van der Waals surface area contributed by atoms with Crippen LogP contribution in [0.3, 0.4) is 0 Å². The maximum Gasteiger partial charge on any atom is 0.195 e. The highest BCUT2D eigenvalue weighted by molar-refractivity contribution is 5.85. The van der Waals surface area contributed by atoms with E-state index in [1.165, 1.54) is 0 Å². The van der Waals surface area contributed by atoms with Crippen LogP contribution in [0.15, 0.2) is 17.1 Å². The Labute approximate surface area is 169 Å². The van der Waals surface area contributed by atoms with Crippen molar-refractivity contribution in [1.82, 2.24) is 0 Å². The average Bonchev–Trinajstić information content (AvgIpc) is 2.92. The van der Waals surface area contributed by atoms with Gasteiger partial charge in [-0.3, -0.25) is 0 Å². The number of aliphatic hydroxyl groups excluding tert-OH is 2. The van der Waals surface area contributed by atoms with E-state index in [1.54, 1.807) is 0 Å². The van der Waals surface area contributed by atoms with E-state index in [0.29, 0.717) is 24.7 Å². The summed E-state index contributed by atoms with van der Waals surface area (Å²) in [5.74, 6) is 0.725. The van der Waals surface area contributed by atoms with E-state index in [2.05, 4.69) is 46.5 Å². The van der Waals surface area contributed by atoms with Crippen LogP contribution in [0.4, 0.5) is 0 Å². The molecule has 1 aromatic carbocycles. The molecule has 3 N–H and O–H groups in total. The lowest BCUT2D eigenvalue weighted by Crippen LogP contribution is -2.41. The first-order chi connectivity index (χ1) is 12.6. The Morgan fingerprint density at radius 2 is 1.43 bits per heavy atom. The molecule has 0 atom stereocenters. The molecule has 158 valence electrons. The van der Waals surface area contributed by atoms with Gasteiger partial charge in [0.2, 0.25) is 0 Å². The third-order valence-corrected chi connectivity index (χ3v) is 5.35. The number of ether oxygens (including phenoxy) is 1. The lowest BCUT2D eigenvalue weighted by atomic mass is 9.75. The van der Waals surface area contributed by atoms with Gasteiger partial charge in [-0.15, -0.1) is 0 Å². The number of hydrogen-bond donors (Lipinski definition) is 3. The SMILES string of the molecule is CC1(C)COC(C(CO)(CO)Cc2cc(C(C)(C)C)c(O)c(C(C)(C)C)c2)=N1. The van der Waals surface area contributed by atoms with Crippen LogP contribution in [0, 0.1) is 5.41 Å². The summed E-state index contributed by atoms with van der Waals surface area (Å²) in [5.41, 5.74) is 0.798. The fourth-order valence-electron chi connectivity index (χ4n) is 3.56. The minimum atomic E-state index is -0.991. The van der Waals surface area contributed by atoms with Crippen molar-refractivity contribution < 1.29 is 20.1 Å². The monoisotopic (exact) mass is 391 g/mol. The topological polar surface area (TPSA) is 82.3 Å². The first-order valence-corrected chi connectivity index (χ1v) is 9.97. The van der Waals surface area contributed by atoms with Gasteiger partial charge in [0.1, 0.15) is 12.4 Å².